The van der Waals surface area contributed by atoms with E-state index in [0.717, 1.165) is 22.4 Å². The minimum Gasteiger partial charge on any atom is -0.349 e. The van der Waals surface area contributed by atoms with Crippen LogP contribution in [0.3, 0.4) is 0 Å². The van der Waals surface area contributed by atoms with Crippen molar-refractivity contribution in [2.75, 3.05) is 6.54 Å². The number of amides is 2. The number of benzene rings is 3. The molecule has 0 saturated heterocycles. The molecule has 0 aliphatic carbocycles. The predicted molar refractivity (Wildman–Crippen MR) is 163 cm³/mol. The molecule has 3 aromatic carbocycles. The largest absolute Gasteiger partial charge is 0.349 e. The highest BCUT2D eigenvalue weighted by molar-refractivity contribution is 7.89. The van der Waals surface area contributed by atoms with Gasteiger partial charge in [-0.05, 0) is 47.4 Å². The molecule has 218 valence electrons. The summed E-state index contributed by atoms with van der Waals surface area (Å²) in [6.07, 6.45) is 2.59. The Balaban J connectivity index is 1.56. The van der Waals surface area contributed by atoms with Crippen LogP contribution in [0, 0.1) is 0 Å². The summed E-state index contributed by atoms with van der Waals surface area (Å²) in [5.41, 5.74) is 3.42. The van der Waals surface area contributed by atoms with Gasteiger partial charge in [-0.15, -0.1) is 0 Å². The van der Waals surface area contributed by atoms with Gasteiger partial charge in [0.25, 0.3) is 0 Å². The van der Waals surface area contributed by atoms with Gasteiger partial charge in [0.1, 0.15) is 6.04 Å². The fourth-order valence-electron chi connectivity index (χ4n) is 4.64. The van der Waals surface area contributed by atoms with E-state index in [0.29, 0.717) is 19.4 Å². The van der Waals surface area contributed by atoms with Gasteiger partial charge in [0, 0.05) is 32.1 Å². The van der Waals surface area contributed by atoms with Crippen molar-refractivity contribution in [2.45, 2.75) is 50.2 Å². The van der Waals surface area contributed by atoms with E-state index in [-0.39, 0.29) is 36.2 Å². The zero-order valence-corrected chi connectivity index (χ0v) is 24.5. The Morgan fingerprint density at radius 3 is 2.07 bits per heavy atom. The molecule has 1 aromatic heterocycles. The van der Waals surface area contributed by atoms with Crippen molar-refractivity contribution in [3.05, 3.63) is 132 Å². The molecular formula is C33H36N4O4S. The third-order valence-electron chi connectivity index (χ3n) is 6.83. The van der Waals surface area contributed by atoms with Gasteiger partial charge in [-0.2, -0.15) is 0 Å². The third-order valence-corrected chi connectivity index (χ3v) is 8.39. The van der Waals surface area contributed by atoms with E-state index < -0.39 is 16.1 Å². The molecule has 9 heteroatoms. The smallest absolute Gasteiger partial charge is 0.243 e. The van der Waals surface area contributed by atoms with Gasteiger partial charge in [0.2, 0.25) is 21.8 Å². The second kappa shape index (κ2) is 15.0. The number of hydrogen-bond acceptors (Lipinski definition) is 5. The van der Waals surface area contributed by atoms with Crippen LogP contribution in [0.5, 0.6) is 0 Å². The van der Waals surface area contributed by atoms with E-state index in [1.54, 1.807) is 42.3 Å². The molecule has 1 heterocycles. The summed E-state index contributed by atoms with van der Waals surface area (Å²) in [4.78, 5) is 33.7. The van der Waals surface area contributed by atoms with Crippen molar-refractivity contribution < 1.29 is 18.0 Å². The molecule has 4 rings (SSSR count). The molecule has 2 amide bonds. The van der Waals surface area contributed by atoms with Crippen LogP contribution in [0.4, 0.5) is 0 Å². The lowest BCUT2D eigenvalue weighted by atomic mass is 10.0. The highest BCUT2D eigenvalue weighted by Gasteiger charge is 2.30. The summed E-state index contributed by atoms with van der Waals surface area (Å²) >= 11 is 0. The lowest BCUT2D eigenvalue weighted by molar-refractivity contribution is -0.141. The second-order valence-electron chi connectivity index (χ2n) is 9.90. The lowest BCUT2D eigenvalue weighted by Gasteiger charge is -2.31. The Morgan fingerprint density at radius 2 is 1.45 bits per heavy atom. The molecule has 4 aromatic rings. The Labute approximate surface area is 247 Å². The minimum absolute atomic E-state index is 0.158. The van der Waals surface area contributed by atoms with Crippen LogP contribution in [-0.2, 0) is 45.5 Å². The van der Waals surface area contributed by atoms with Gasteiger partial charge in [-0.1, -0.05) is 85.8 Å². The highest BCUT2D eigenvalue weighted by Crippen LogP contribution is 2.18. The van der Waals surface area contributed by atoms with Gasteiger partial charge in [0.05, 0.1) is 17.1 Å². The van der Waals surface area contributed by atoms with E-state index >= 15 is 0 Å². The predicted octanol–water partition coefficient (Wildman–Crippen LogP) is 4.27. The summed E-state index contributed by atoms with van der Waals surface area (Å²) < 4.78 is 27.1. The summed E-state index contributed by atoms with van der Waals surface area (Å²) in [6, 6.07) is 30.6. The van der Waals surface area contributed by atoms with Crippen molar-refractivity contribution in [2.24, 2.45) is 0 Å². The van der Waals surface area contributed by atoms with E-state index in [2.05, 4.69) is 15.0 Å². The third kappa shape index (κ3) is 8.83. The van der Waals surface area contributed by atoms with E-state index in [4.69, 9.17) is 0 Å². The number of pyridine rings is 1. The standard InChI is InChI=1S/C33H36N4O4S/c1-2-36-42(40,41)30-19-16-26(17-20-30)18-21-32(38)37(25-28-13-7-4-8-14-28)31(23-27-11-5-3-6-12-27)33(39)35-24-29-15-9-10-22-34-29/h3-17,19-20,22,31,36H,2,18,21,23-25H2,1H3,(H,35,39)/t31-/m1/s1. The van der Waals surface area contributed by atoms with Crippen molar-refractivity contribution >= 4 is 21.8 Å². The minimum atomic E-state index is -3.56. The fourth-order valence-corrected chi connectivity index (χ4v) is 5.68. The molecule has 0 unspecified atom stereocenters. The topological polar surface area (TPSA) is 108 Å². The van der Waals surface area contributed by atoms with Crippen LogP contribution in [0.25, 0.3) is 0 Å². The molecular weight excluding hydrogens is 548 g/mol. The number of aromatic nitrogens is 1. The molecule has 0 spiro atoms. The SMILES string of the molecule is CCNS(=O)(=O)c1ccc(CCC(=O)N(Cc2ccccc2)[C@H](Cc2ccccc2)C(=O)NCc2ccccn2)cc1. The summed E-state index contributed by atoms with van der Waals surface area (Å²) in [5, 5.41) is 2.99. The maximum Gasteiger partial charge on any atom is 0.243 e. The number of sulfonamides is 1. The van der Waals surface area contributed by atoms with E-state index in [1.807, 2.05) is 78.9 Å². The number of aryl methyl sites for hydroxylation is 1. The molecule has 42 heavy (non-hydrogen) atoms. The molecule has 1 atom stereocenters. The van der Waals surface area contributed by atoms with Gasteiger partial charge < -0.3 is 10.2 Å². The number of carbonyl (C=O) groups excluding carboxylic acids is 2. The average Bonchev–Trinajstić information content (AvgIpc) is 3.02. The quantitative estimate of drug-likeness (QED) is 0.230. The first-order valence-electron chi connectivity index (χ1n) is 14.0. The van der Waals surface area contributed by atoms with Crippen molar-refractivity contribution in [3.63, 3.8) is 0 Å². The van der Waals surface area contributed by atoms with Crippen LogP contribution < -0.4 is 10.0 Å². The summed E-state index contributed by atoms with van der Waals surface area (Å²) in [7, 11) is -3.56. The molecule has 0 bridgehead atoms. The highest BCUT2D eigenvalue weighted by atomic mass is 32.2. The van der Waals surface area contributed by atoms with E-state index in [9.17, 15) is 18.0 Å². The van der Waals surface area contributed by atoms with Crippen LogP contribution in [0.2, 0.25) is 0 Å². The Hall–Kier alpha value is -4.34. The normalized spacial score (nSPS) is 11.9. The first-order chi connectivity index (χ1) is 20.4. The van der Waals surface area contributed by atoms with Gasteiger partial charge >= 0.3 is 0 Å². The molecule has 0 aliphatic heterocycles. The Bertz CT molecular complexity index is 1530. The second-order valence-corrected chi connectivity index (χ2v) is 11.7. The maximum atomic E-state index is 13.9. The van der Waals surface area contributed by atoms with E-state index in [1.165, 1.54) is 0 Å². The molecule has 2 N–H and O–H groups in total. The number of hydrogen-bond donors (Lipinski definition) is 2. The Morgan fingerprint density at radius 1 is 0.810 bits per heavy atom. The van der Waals surface area contributed by atoms with Crippen molar-refractivity contribution in [1.29, 1.82) is 0 Å². The number of nitrogens with zero attached hydrogens (tertiary/aromatic N) is 2. The molecule has 0 saturated carbocycles. The first kappa shape index (κ1) is 30.6. The average molecular weight is 585 g/mol. The number of rotatable bonds is 14. The number of carbonyl (C=O) groups is 2. The van der Waals surface area contributed by atoms with Crippen molar-refractivity contribution in [3.8, 4) is 0 Å². The number of nitrogens with one attached hydrogen (secondary N) is 2. The molecule has 0 radical (unpaired) electrons. The lowest BCUT2D eigenvalue weighted by Crippen LogP contribution is -2.50. The van der Waals surface area contributed by atoms with Crippen LogP contribution in [-0.4, -0.2) is 42.7 Å². The zero-order chi connectivity index (χ0) is 29.8. The zero-order valence-electron chi connectivity index (χ0n) is 23.6. The molecule has 0 fully saturated rings. The Kier molecular flexibility index (Phi) is 11.0. The maximum absolute atomic E-state index is 13.9. The first-order valence-corrected chi connectivity index (χ1v) is 15.5. The van der Waals surface area contributed by atoms with Crippen LogP contribution in [0.1, 0.15) is 35.7 Å². The van der Waals surface area contributed by atoms with Gasteiger partial charge in [0.15, 0.2) is 0 Å². The van der Waals surface area contributed by atoms with Crippen molar-refractivity contribution in [1.82, 2.24) is 19.9 Å². The summed E-state index contributed by atoms with van der Waals surface area (Å²) in [6.45, 7) is 2.55. The monoisotopic (exact) mass is 584 g/mol. The van der Waals surface area contributed by atoms with Gasteiger partial charge in [-0.25, -0.2) is 13.1 Å². The fraction of sp³-hybridized carbons (Fsp3) is 0.242. The molecule has 0 aliphatic rings. The van der Waals surface area contributed by atoms with Crippen LogP contribution in [0.15, 0.2) is 114 Å². The van der Waals surface area contributed by atoms with Gasteiger partial charge in [-0.3, -0.25) is 14.6 Å². The summed E-state index contributed by atoms with van der Waals surface area (Å²) in [5.74, 6) is -0.427. The molecule has 8 nitrogen and oxygen atoms in total. The van der Waals surface area contributed by atoms with Crippen LogP contribution >= 0.6 is 0 Å².